The molecule has 5 aromatic carbocycles. The average Bonchev–Trinajstić information content (AvgIpc) is 3.26. The minimum Gasteiger partial charge on any atom is -0.356 e. The van der Waals surface area contributed by atoms with E-state index in [9.17, 15) is 0 Å². The molecule has 1 nitrogen and oxygen atoms in total. The number of hydrogen-bond donors (Lipinski definition) is 1. The van der Waals surface area contributed by atoms with Gasteiger partial charge in [-0.3, -0.25) is 0 Å². The predicted molar refractivity (Wildman–Crippen MR) is 137 cm³/mol. The Hall–Kier alpha value is -4.10. The molecule has 0 radical (unpaired) electrons. The highest BCUT2D eigenvalue weighted by Gasteiger charge is 2.15. The van der Waals surface area contributed by atoms with Crippen LogP contribution in [0, 0.1) is 0 Å². The molecule has 0 atom stereocenters. The van der Waals surface area contributed by atoms with Crippen molar-refractivity contribution in [2.45, 2.75) is 6.42 Å². The van der Waals surface area contributed by atoms with Gasteiger partial charge in [0.05, 0.1) is 0 Å². The number of hydrogen-bond acceptors (Lipinski definition) is 1. The van der Waals surface area contributed by atoms with Crippen molar-refractivity contribution in [2.24, 2.45) is 0 Å². The molecule has 0 heterocycles. The molecule has 0 aromatic heterocycles. The topological polar surface area (TPSA) is 12.0 Å². The van der Waals surface area contributed by atoms with Crippen LogP contribution >= 0.6 is 0 Å². The average molecular weight is 414 g/mol. The fourth-order valence-electron chi connectivity index (χ4n) is 3.67. The van der Waals surface area contributed by atoms with Gasteiger partial charge in [-0.15, -0.1) is 0 Å². The molecule has 0 amide bonds. The van der Waals surface area contributed by atoms with Crippen LogP contribution < -0.4 is 5.32 Å². The summed E-state index contributed by atoms with van der Waals surface area (Å²) in [5, 5.41) is 3.30. The number of benzene rings is 5. The molecule has 1 aliphatic rings. The van der Waals surface area contributed by atoms with Gasteiger partial charge in [0.25, 0.3) is 0 Å². The molecule has 0 saturated heterocycles. The molecule has 32 heavy (non-hydrogen) atoms. The van der Waals surface area contributed by atoms with Crippen LogP contribution in [0.2, 0.25) is 0 Å². The molecule has 1 heteroatoms. The van der Waals surface area contributed by atoms with Crippen LogP contribution in [-0.2, 0) is 6.42 Å². The first-order valence-corrected chi connectivity index (χ1v) is 10.9. The van der Waals surface area contributed by atoms with Gasteiger partial charge in [0.2, 0.25) is 0 Å². The lowest BCUT2D eigenvalue weighted by atomic mass is 10.1. The maximum absolute atomic E-state index is 3.30. The normalized spacial score (nSPS) is 10.4. The molecule has 5 aromatic rings. The zero-order valence-corrected chi connectivity index (χ0v) is 18.1. The van der Waals surface area contributed by atoms with Gasteiger partial charge in [0.1, 0.15) is 0 Å². The largest absolute Gasteiger partial charge is 0.356 e. The Morgan fingerprint density at radius 3 is 1.06 bits per heavy atom. The summed E-state index contributed by atoms with van der Waals surface area (Å²) in [5.41, 5.74) is 7.99. The van der Waals surface area contributed by atoms with Crippen LogP contribution in [-0.4, -0.2) is 0 Å². The van der Waals surface area contributed by atoms with E-state index in [-0.39, 0.29) is 0 Å². The molecule has 0 saturated carbocycles. The van der Waals surface area contributed by atoms with Crippen molar-refractivity contribution < 1.29 is 0 Å². The number of anilines is 2. The van der Waals surface area contributed by atoms with Gasteiger partial charge in [-0.2, -0.15) is 0 Å². The van der Waals surface area contributed by atoms with E-state index in [1.165, 1.54) is 22.3 Å². The molecule has 0 unspecified atom stereocenters. The van der Waals surface area contributed by atoms with Crippen LogP contribution in [0.25, 0.3) is 11.1 Å². The Balaban J connectivity index is 0.000000123. The highest BCUT2D eigenvalue weighted by molar-refractivity contribution is 5.76. The van der Waals surface area contributed by atoms with Crippen LogP contribution in [0.15, 0.2) is 146 Å². The summed E-state index contributed by atoms with van der Waals surface area (Å²) in [4.78, 5) is 0. The molecule has 156 valence electrons. The van der Waals surface area contributed by atoms with Gasteiger partial charge in [-0.25, -0.2) is 0 Å². The monoisotopic (exact) mass is 413 g/mol. The first-order valence-electron chi connectivity index (χ1n) is 10.9. The highest BCUT2D eigenvalue weighted by Crippen LogP contribution is 2.35. The van der Waals surface area contributed by atoms with Gasteiger partial charge in [0.15, 0.2) is 0 Å². The van der Waals surface area contributed by atoms with E-state index in [0.29, 0.717) is 0 Å². The van der Waals surface area contributed by atoms with Crippen LogP contribution in [0.1, 0.15) is 11.1 Å². The zero-order valence-electron chi connectivity index (χ0n) is 18.1. The van der Waals surface area contributed by atoms with Crippen LogP contribution in [0.3, 0.4) is 0 Å². The predicted octanol–water partition coefficient (Wildman–Crippen LogP) is 8.37. The second-order valence-corrected chi connectivity index (χ2v) is 7.50. The third-order valence-corrected chi connectivity index (χ3v) is 5.21. The van der Waals surface area contributed by atoms with E-state index < -0.39 is 0 Å². The van der Waals surface area contributed by atoms with Crippen molar-refractivity contribution in [1.29, 1.82) is 0 Å². The summed E-state index contributed by atoms with van der Waals surface area (Å²) in [5.74, 6) is 0. The van der Waals surface area contributed by atoms with Crippen molar-refractivity contribution in [3.63, 3.8) is 0 Å². The first kappa shape index (κ1) is 21.1. The maximum atomic E-state index is 3.30. The van der Waals surface area contributed by atoms with E-state index in [1.54, 1.807) is 0 Å². The maximum Gasteiger partial charge on any atom is 0.0384 e. The standard InChI is InChI=1S/C13H10.C12H11N.C6H6/c1-3-7-12-10(5-1)9-11-6-2-4-8-13(11)12;1-3-7-11(8-4-1)13-12-9-5-2-6-10-12;1-2-4-6-5-3-1/h1-8H,9H2;1-10,13H;1-6H. The third kappa shape index (κ3) is 5.96. The lowest BCUT2D eigenvalue weighted by Crippen LogP contribution is -1.87. The van der Waals surface area contributed by atoms with Crippen LogP contribution in [0.4, 0.5) is 11.4 Å². The Bertz CT molecular complexity index is 1090. The summed E-state index contributed by atoms with van der Waals surface area (Å²) >= 11 is 0. The second kappa shape index (κ2) is 11.3. The molecule has 0 fully saturated rings. The molecule has 0 bridgehead atoms. The number of para-hydroxylation sites is 2. The number of rotatable bonds is 2. The summed E-state index contributed by atoms with van der Waals surface area (Å²) < 4.78 is 0. The summed E-state index contributed by atoms with van der Waals surface area (Å²) in [6.45, 7) is 0. The smallest absolute Gasteiger partial charge is 0.0384 e. The Labute approximate surface area is 191 Å². The van der Waals surface area contributed by atoms with E-state index in [0.717, 1.165) is 17.8 Å². The molecule has 1 N–H and O–H groups in total. The fourth-order valence-corrected chi connectivity index (χ4v) is 3.67. The Morgan fingerprint density at radius 2 is 0.656 bits per heavy atom. The fraction of sp³-hybridized carbons (Fsp3) is 0.0323. The van der Waals surface area contributed by atoms with E-state index in [4.69, 9.17) is 0 Å². The zero-order chi connectivity index (χ0) is 21.8. The molecular weight excluding hydrogens is 386 g/mol. The van der Waals surface area contributed by atoms with Gasteiger partial charge in [-0.05, 0) is 52.9 Å². The summed E-state index contributed by atoms with van der Waals surface area (Å²) in [6, 6.07) is 49.6. The lowest BCUT2D eigenvalue weighted by molar-refractivity contribution is 1.26. The molecular formula is C31H27N. The minimum absolute atomic E-state index is 1.10. The van der Waals surface area contributed by atoms with Crippen molar-refractivity contribution in [1.82, 2.24) is 0 Å². The first-order chi connectivity index (χ1) is 15.9. The van der Waals surface area contributed by atoms with Gasteiger partial charge in [0, 0.05) is 11.4 Å². The SMILES string of the molecule is c1ccc(Nc2ccccc2)cc1.c1ccc2c(c1)Cc1ccccc1-2.c1ccccc1. The van der Waals surface area contributed by atoms with Crippen molar-refractivity contribution in [2.75, 3.05) is 5.32 Å². The molecule has 0 spiro atoms. The summed E-state index contributed by atoms with van der Waals surface area (Å²) in [6.07, 6.45) is 1.10. The molecule has 6 rings (SSSR count). The van der Waals surface area contributed by atoms with E-state index >= 15 is 0 Å². The molecule has 1 aliphatic carbocycles. The van der Waals surface area contributed by atoms with Crippen molar-refractivity contribution >= 4 is 11.4 Å². The van der Waals surface area contributed by atoms with Crippen molar-refractivity contribution in [3.8, 4) is 11.1 Å². The Kier molecular flexibility index (Phi) is 7.49. The second-order valence-electron chi connectivity index (χ2n) is 7.50. The molecule has 0 aliphatic heterocycles. The summed E-state index contributed by atoms with van der Waals surface area (Å²) in [7, 11) is 0. The van der Waals surface area contributed by atoms with E-state index in [1.807, 2.05) is 97.1 Å². The van der Waals surface area contributed by atoms with Gasteiger partial charge in [-0.1, -0.05) is 121 Å². The van der Waals surface area contributed by atoms with E-state index in [2.05, 4.69) is 53.8 Å². The van der Waals surface area contributed by atoms with Crippen LogP contribution in [0.5, 0.6) is 0 Å². The Morgan fingerprint density at radius 1 is 0.344 bits per heavy atom. The quantitative estimate of drug-likeness (QED) is 0.301. The minimum atomic E-state index is 1.10. The van der Waals surface area contributed by atoms with Gasteiger partial charge < -0.3 is 5.32 Å². The third-order valence-electron chi connectivity index (χ3n) is 5.21. The number of fused-ring (bicyclic) bond motifs is 3. The lowest BCUT2D eigenvalue weighted by Gasteiger charge is -2.04. The highest BCUT2D eigenvalue weighted by atomic mass is 14.9. The van der Waals surface area contributed by atoms with Gasteiger partial charge >= 0.3 is 0 Å². The van der Waals surface area contributed by atoms with Crippen molar-refractivity contribution in [3.05, 3.63) is 157 Å². The number of nitrogens with one attached hydrogen (secondary N) is 1.